The van der Waals surface area contributed by atoms with Crippen LogP contribution in [0.15, 0.2) is 29.2 Å². The number of nitrogens with two attached hydrogens (primary N) is 1. The van der Waals surface area contributed by atoms with E-state index in [0.717, 1.165) is 19.3 Å². The van der Waals surface area contributed by atoms with E-state index in [-0.39, 0.29) is 18.0 Å². The molecule has 4 N–H and O–H groups in total. The van der Waals surface area contributed by atoms with Crippen molar-refractivity contribution in [3.63, 3.8) is 0 Å². The van der Waals surface area contributed by atoms with Gasteiger partial charge in [0, 0.05) is 18.8 Å². The van der Waals surface area contributed by atoms with Crippen molar-refractivity contribution in [3.8, 4) is 0 Å². The molecule has 0 atom stereocenters. The van der Waals surface area contributed by atoms with E-state index in [9.17, 15) is 18.0 Å². The zero-order valence-electron chi connectivity index (χ0n) is 13.3. The predicted molar refractivity (Wildman–Crippen MR) is 89.7 cm³/mol. The summed E-state index contributed by atoms with van der Waals surface area (Å²) in [7, 11) is -3.55. The molecule has 2 amide bonds. The van der Waals surface area contributed by atoms with Crippen molar-refractivity contribution in [1.82, 2.24) is 9.62 Å². The second-order valence-electron chi connectivity index (χ2n) is 5.52. The lowest BCUT2D eigenvalue weighted by Gasteiger charge is -2.26. The second-order valence-corrected chi connectivity index (χ2v) is 7.46. The highest BCUT2D eigenvalue weighted by molar-refractivity contribution is 7.89. The minimum Gasteiger partial charge on any atom is -0.346 e. The Morgan fingerprint density at radius 1 is 1.12 bits per heavy atom. The highest BCUT2D eigenvalue weighted by Gasteiger charge is 2.26. The van der Waals surface area contributed by atoms with Crippen molar-refractivity contribution in [2.24, 2.45) is 5.73 Å². The summed E-state index contributed by atoms with van der Waals surface area (Å²) in [5.74, 6) is -0.893. The molecule has 0 radical (unpaired) electrons. The topological polar surface area (TPSA) is 122 Å². The van der Waals surface area contributed by atoms with E-state index in [4.69, 9.17) is 5.73 Å². The summed E-state index contributed by atoms with van der Waals surface area (Å²) in [5.41, 5.74) is 5.50. The monoisotopic (exact) mass is 354 g/mol. The van der Waals surface area contributed by atoms with Gasteiger partial charge >= 0.3 is 0 Å². The number of amides is 2. The Morgan fingerprint density at radius 2 is 1.83 bits per heavy atom. The zero-order valence-corrected chi connectivity index (χ0v) is 14.1. The number of nitrogens with one attached hydrogen (secondary N) is 2. The van der Waals surface area contributed by atoms with E-state index in [1.54, 1.807) is 12.1 Å². The highest BCUT2D eigenvalue weighted by atomic mass is 32.2. The smallest absolute Gasteiger partial charge is 0.243 e. The zero-order chi connectivity index (χ0) is 17.6. The van der Waals surface area contributed by atoms with Gasteiger partial charge in [-0.2, -0.15) is 4.31 Å². The standard InChI is InChI=1S/C15H22N4O4S/c16-10-14(20)17-11-15(21)18-12-5-4-6-13(9-12)24(22,23)19-7-2-1-3-8-19/h4-6,9H,1-3,7-8,10-11,16H2,(H,17,20)(H,18,21). The van der Waals surface area contributed by atoms with Crippen LogP contribution < -0.4 is 16.4 Å². The fraction of sp³-hybridized carbons (Fsp3) is 0.467. The van der Waals surface area contributed by atoms with Gasteiger partial charge in [-0.05, 0) is 31.0 Å². The van der Waals surface area contributed by atoms with E-state index >= 15 is 0 Å². The molecule has 132 valence electrons. The first-order chi connectivity index (χ1) is 11.4. The van der Waals surface area contributed by atoms with Crippen LogP contribution in [0.3, 0.4) is 0 Å². The molecule has 0 spiro atoms. The normalized spacial score (nSPS) is 15.7. The van der Waals surface area contributed by atoms with Gasteiger partial charge in [0.25, 0.3) is 0 Å². The highest BCUT2D eigenvalue weighted by Crippen LogP contribution is 2.22. The molecule has 0 bridgehead atoms. The first-order valence-corrected chi connectivity index (χ1v) is 9.24. The SMILES string of the molecule is NCC(=O)NCC(=O)Nc1cccc(S(=O)(=O)N2CCCCC2)c1. The molecule has 1 saturated heterocycles. The number of piperidine rings is 1. The Balaban J connectivity index is 2.05. The third-order valence-electron chi connectivity index (χ3n) is 3.70. The van der Waals surface area contributed by atoms with Crippen LogP contribution in [0.1, 0.15) is 19.3 Å². The summed E-state index contributed by atoms with van der Waals surface area (Å²) in [6.07, 6.45) is 2.75. The Hall–Kier alpha value is -1.97. The van der Waals surface area contributed by atoms with Crippen LogP contribution in [0.4, 0.5) is 5.69 Å². The minimum absolute atomic E-state index is 0.146. The van der Waals surface area contributed by atoms with Crippen molar-refractivity contribution in [2.75, 3.05) is 31.5 Å². The maximum Gasteiger partial charge on any atom is 0.243 e. The van der Waals surface area contributed by atoms with Crippen LogP contribution in [0.25, 0.3) is 0 Å². The van der Waals surface area contributed by atoms with Gasteiger partial charge in [0.05, 0.1) is 18.0 Å². The van der Waals surface area contributed by atoms with E-state index in [0.29, 0.717) is 18.8 Å². The molecule has 1 aliphatic heterocycles. The molecule has 1 aliphatic rings. The lowest BCUT2D eigenvalue weighted by Crippen LogP contribution is -2.36. The molecule has 1 heterocycles. The maximum atomic E-state index is 12.6. The third kappa shape index (κ3) is 4.76. The molecule has 1 aromatic carbocycles. The molecule has 0 aliphatic carbocycles. The average Bonchev–Trinajstić information content (AvgIpc) is 2.60. The van der Waals surface area contributed by atoms with Crippen molar-refractivity contribution >= 4 is 27.5 Å². The van der Waals surface area contributed by atoms with Crippen LogP contribution in [0.5, 0.6) is 0 Å². The van der Waals surface area contributed by atoms with Crippen molar-refractivity contribution in [2.45, 2.75) is 24.2 Å². The summed E-state index contributed by atoms with van der Waals surface area (Å²) in [5, 5.41) is 4.91. The molecule has 1 fully saturated rings. The van der Waals surface area contributed by atoms with Crippen LogP contribution in [0.2, 0.25) is 0 Å². The number of benzene rings is 1. The van der Waals surface area contributed by atoms with Crippen LogP contribution in [0, 0.1) is 0 Å². The molecule has 0 unspecified atom stereocenters. The molecule has 2 rings (SSSR count). The molecular weight excluding hydrogens is 332 g/mol. The fourth-order valence-electron chi connectivity index (χ4n) is 2.44. The molecular formula is C15H22N4O4S. The van der Waals surface area contributed by atoms with Gasteiger partial charge in [-0.25, -0.2) is 8.42 Å². The number of sulfonamides is 1. The fourth-order valence-corrected chi connectivity index (χ4v) is 4.01. The number of rotatable bonds is 6. The Kier molecular flexibility index (Phi) is 6.29. The Bertz CT molecular complexity index is 699. The minimum atomic E-state index is -3.55. The maximum absolute atomic E-state index is 12.6. The summed E-state index contributed by atoms with van der Waals surface area (Å²) in [6, 6.07) is 6.10. The van der Waals surface area contributed by atoms with Crippen LogP contribution in [-0.4, -0.2) is 50.7 Å². The molecule has 1 aromatic rings. The quantitative estimate of drug-likeness (QED) is 0.657. The van der Waals surface area contributed by atoms with Gasteiger partial charge in [-0.1, -0.05) is 12.5 Å². The molecule has 24 heavy (non-hydrogen) atoms. The van der Waals surface area contributed by atoms with E-state index < -0.39 is 21.8 Å². The number of carbonyl (C=O) groups is 2. The van der Waals surface area contributed by atoms with Gasteiger partial charge in [0.2, 0.25) is 21.8 Å². The van der Waals surface area contributed by atoms with Gasteiger partial charge in [-0.15, -0.1) is 0 Å². The summed E-state index contributed by atoms with van der Waals surface area (Å²) in [6.45, 7) is 0.615. The Morgan fingerprint density at radius 3 is 2.50 bits per heavy atom. The summed E-state index contributed by atoms with van der Waals surface area (Å²) < 4.78 is 26.7. The predicted octanol–water partition coefficient (Wildman–Crippen LogP) is -0.125. The van der Waals surface area contributed by atoms with Crippen molar-refractivity contribution in [3.05, 3.63) is 24.3 Å². The summed E-state index contributed by atoms with van der Waals surface area (Å²) >= 11 is 0. The molecule has 8 nitrogen and oxygen atoms in total. The number of carbonyl (C=O) groups excluding carboxylic acids is 2. The number of hydrogen-bond donors (Lipinski definition) is 3. The van der Waals surface area contributed by atoms with E-state index in [1.165, 1.54) is 16.4 Å². The van der Waals surface area contributed by atoms with Crippen molar-refractivity contribution in [1.29, 1.82) is 0 Å². The lowest BCUT2D eigenvalue weighted by atomic mass is 10.2. The third-order valence-corrected chi connectivity index (χ3v) is 5.60. The van der Waals surface area contributed by atoms with Gasteiger partial charge < -0.3 is 16.4 Å². The summed E-state index contributed by atoms with van der Waals surface area (Å²) in [4.78, 5) is 22.9. The second kappa shape index (κ2) is 8.22. The van der Waals surface area contributed by atoms with E-state index in [2.05, 4.69) is 10.6 Å². The number of nitrogens with zero attached hydrogens (tertiary/aromatic N) is 1. The molecule has 0 saturated carbocycles. The number of hydrogen-bond acceptors (Lipinski definition) is 5. The van der Waals surface area contributed by atoms with Gasteiger partial charge in [0.15, 0.2) is 0 Å². The average molecular weight is 354 g/mol. The lowest BCUT2D eigenvalue weighted by molar-refractivity contribution is -0.123. The van der Waals surface area contributed by atoms with Crippen LogP contribution >= 0.6 is 0 Å². The molecule has 0 aromatic heterocycles. The Labute approximate surface area is 141 Å². The first-order valence-electron chi connectivity index (χ1n) is 7.80. The largest absolute Gasteiger partial charge is 0.346 e. The van der Waals surface area contributed by atoms with Crippen LogP contribution in [-0.2, 0) is 19.6 Å². The number of anilines is 1. The van der Waals surface area contributed by atoms with Gasteiger partial charge in [-0.3, -0.25) is 9.59 Å². The van der Waals surface area contributed by atoms with E-state index in [1.807, 2.05) is 0 Å². The first kappa shape index (κ1) is 18.4. The van der Waals surface area contributed by atoms with Gasteiger partial charge in [0.1, 0.15) is 0 Å². The molecule has 9 heteroatoms. The van der Waals surface area contributed by atoms with Crippen molar-refractivity contribution < 1.29 is 18.0 Å².